The zero-order chi connectivity index (χ0) is 18.0. The van der Waals surface area contributed by atoms with Crippen molar-refractivity contribution in [2.45, 2.75) is 70.4 Å². The van der Waals surface area contributed by atoms with Crippen molar-refractivity contribution in [3.63, 3.8) is 0 Å². The molecule has 3 nitrogen and oxygen atoms in total. The molecule has 138 valence electrons. The van der Waals surface area contributed by atoms with Crippen molar-refractivity contribution in [1.82, 2.24) is 4.90 Å². The van der Waals surface area contributed by atoms with Crippen LogP contribution in [0.4, 0.5) is 0 Å². The van der Waals surface area contributed by atoms with Crippen molar-refractivity contribution < 1.29 is 9.84 Å². The smallest absolute Gasteiger partial charge is 0.0897 e. The predicted octanol–water partition coefficient (Wildman–Crippen LogP) is 4.02. The van der Waals surface area contributed by atoms with Gasteiger partial charge in [0.2, 0.25) is 0 Å². The minimum absolute atomic E-state index is 0.0367. The lowest BCUT2D eigenvalue weighted by Gasteiger charge is -2.58. The van der Waals surface area contributed by atoms with Crippen LogP contribution in [0.3, 0.4) is 0 Å². The molecule has 5 atom stereocenters. The van der Waals surface area contributed by atoms with Crippen molar-refractivity contribution in [1.29, 1.82) is 0 Å². The fourth-order valence-corrected chi connectivity index (χ4v) is 4.70. The minimum atomic E-state index is -0.200. The molecule has 0 aromatic heterocycles. The maximum atomic E-state index is 10.6. The second-order valence-corrected chi connectivity index (χ2v) is 8.46. The highest BCUT2D eigenvalue weighted by Gasteiger charge is 2.50. The van der Waals surface area contributed by atoms with Gasteiger partial charge in [-0.05, 0) is 38.2 Å². The summed E-state index contributed by atoms with van der Waals surface area (Å²) < 4.78 is 6.15. The minimum Gasteiger partial charge on any atom is -0.393 e. The number of aliphatic hydroxyl groups excluding tert-OH is 1. The molecule has 1 saturated heterocycles. The van der Waals surface area contributed by atoms with Crippen LogP contribution < -0.4 is 0 Å². The first kappa shape index (κ1) is 18.6. The van der Waals surface area contributed by atoms with Gasteiger partial charge < -0.3 is 9.84 Å². The molecule has 1 aliphatic carbocycles. The van der Waals surface area contributed by atoms with Crippen molar-refractivity contribution in [2.24, 2.45) is 11.8 Å². The first-order chi connectivity index (χ1) is 11.9. The van der Waals surface area contributed by atoms with Gasteiger partial charge in [0, 0.05) is 18.0 Å². The molecule has 1 N–H and O–H groups in total. The average Bonchev–Trinajstić information content (AvgIpc) is 2.54. The van der Waals surface area contributed by atoms with Gasteiger partial charge in [-0.3, -0.25) is 4.90 Å². The molecule has 1 aromatic carbocycles. The van der Waals surface area contributed by atoms with Crippen molar-refractivity contribution >= 4 is 0 Å². The molecule has 0 amide bonds. The summed E-state index contributed by atoms with van der Waals surface area (Å²) in [6.07, 6.45) is 5.25. The SMILES string of the molecule is C=C[C@H]1[C@H](OCc2ccccc2)CN1C(C)(C)[C@@H]1CC[C@@H](C)C[C@H]1O. The number of hydrogen-bond acceptors (Lipinski definition) is 3. The molecule has 0 radical (unpaired) electrons. The summed E-state index contributed by atoms with van der Waals surface area (Å²) in [7, 11) is 0. The van der Waals surface area contributed by atoms with Crippen LogP contribution in [-0.2, 0) is 11.3 Å². The molecule has 3 rings (SSSR count). The predicted molar refractivity (Wildman–Crippen MR) is 102 cm³/mol. The van der Waals surface area contributed by atoms with E-state index in [2.05, 4.69) is 44.4 Å². The number of rotatable bonds is 6. The Morgan fingerprint density at radius 3 is 2.64 bits per heavy atom. The monoisotopic (exact) mass is 343 g/mol. The van der Waals surface area contributed by atoms with Gasteiger partial charge in [0.1, 0.15) is 0 Å². The Bertz CT molecular complexity index is 571. The summed E-state index contributed by atoms with van der Waals surface area (Å²) >= 11 is 0. The number of benzene rings is 1. The molecule has 0 spiro atoms. The van der Waals surface area contributed by atoms with Crippen LogP contribution in [0.15, 0.2) is 43.0 Å². The number of ether oxygens (including phenoxy) is 1. The summed E-state index contributed by atoms with van der Waals surface area (Å²) in [5.41, 5.74) is 1.17. The van der Waals surface area contributed by atoms with Crippen LogP contribution in [0, 0.1) is 11.8 Å². The van der Waals surface area contributed by atoms with E-state index in [-0.39, 0.29) is 23.8 Å². The Morgan fingerprint density at radius 1 is 1.28 bits per heavy atom. The van der Waals surface area contributed by atoms with Gasteiger partial charge in [-0.25, -0.2) is 0 Å². The van der Waals surface area contributed by atoms with E-state index in [1.54, 1.807) is 0 Å². The number of hydrogen-bond donors (Lipinski definition) is 1. The van der Waals surface area contributed by atoms with Crippen molar-refractivity contribution in [3.05, 3.63) is 48.6 Å². The Hall–Kier alpha value is -1.16. The summed E-state index contributed by atoms with van der Waals surface area (Å²) in [6, 6.07) is 10.5. The van der Waals surface area contributed by atoms with Crippen LogP contribution >= 0.6 is 0 Å². The van der Waals surface area contributed by atoms with Gasteiger partial charge in [0.15, 0.2) is 0 Å². The van der Waals surface area contributed by atoms with Crippen molar-refractivity contribution in [2.75, 3.05) is 6.54 Å². The molecule has 3 heteroatoms. The highest BCUT2D eigenvalue weighted by atomic mass is 16.5. The molecule has 1 aromatic rings. The highest BCUT2D eigenvalue weighted by Crippen LogP contribution is 2.42. The lowest BCUT2D eigenvalue weighted by molar-refractivity contribution is -0.159. The Kier molecular flexibility index (Phi) is 5.67. The van der Waals surface area contributed by atoms with E-state index in [0.29, 0.717) is 18.4 Å². The van der Waals surface area contributed by atoms with Crippen LogP contribution in [-0.4, -0.2) is 40.3 Å². The van der Waals surface area contributed by atoms with E-state index in [1.165, 1.54) is 12.0 Å². The molecular weight excluding hydrogens is 310 g/mol. The molecule has 0 bridgehead atoms. The molecule has 2 aliphatic rings. The van der Waals surface area contributed by atoms with Gasteiger partial charge in [-0.1, -0.05) is 49.8 Å². The van der Waals surface area contributed by atoms with Crippen LogP contribution in [0.5, 0.6) is 0 Å². The average molecular weight is 344 g/mol. The third-order valence-electron chi connectivity index (χ3n) is 6.39. The highest BCUT2D eigenvalue weighted by molar-refractivity contribution is 5.15. The third kappa shape index (κ3) is 3.84. The standard InChI is InChI=1S/C22H33NO2/c1-5-19-21(25-15-17-9-7-6-8-10-17)14-23(19)22(3,4)18-12-11-16(2)13-20(18)24/h5-10,16,18-21,24H,1,11-15H2,2-4H3/t16-,18-,19+,20-,21-/m1/s1. The Balaban J connectivity index is 1.60. The van der Waals surface area contributed by atoms with Crippen LogP contribution in [0.25, 0.3) is 0 Å². The molecule has 1 heterocycles. The largest absolute Gasteiger partial charge is 0.393 e. The van der Waals surface area contributed by atoms with Gasteiger partial charge in [0.05, 0.1) is 24.9 Å². The topological polar surface area (TPSA) is 32.7 Å². The van der Waals surface area contributed by atoms with Gasteiger partial charge in [-0.15, -0.1) is 6.58 Å². The zero-order valence-electron chi connectivity index (χ0n) is 15.9. The molecule has 1 saturated carbocycles. The zero-order valence-corrected chi connectivity index (χ0v) is 15.9. The van der Waals surface area contributed by atoms with E-state index < -0.39 is 0 Å². The van der Waals surface area contributed by atoms with E-state index >= 15 is 0 Å². The molecular formula is C22H33NO2. The quantitative estimate of drug-likeness (QED) is 0.792. The van der Waals surface area contributed by atoms with Crippen LogP contribution in [0.1, 0.15) is 45.6 Å². The Labute approximate surface area is 152 Å². The lowest BCUT2D eigenvalue weighted by atomic mass is 9.69. The van der Waals surface area contributed by atoms with Crippen LogP contribution in [0.2, 0.25) is 0 Å². The van der Waals surface area contributed by atoms with E-state index in [9.17, 15) is 5.11 Å². The second-order valence-electron chi connectivity index (χ2n) is 8.46. The fraction of sp³-hybridized carbons (Fsp3) is 0.636. The second kappa shape index (κ2) is 7.61. The van der Waals surface area contributed by atoms with Crippen molar-refractivity contribution in [3.8, 4) is 0 Å². The maximum absolute atomic E-state index is 10.6. The summed E-state index contributed by atoms with van der Waals surface area (Å²) in [4.78, 5) is 2.47. The van der Waals surface area contributed by atoms with E-state index in [1.807, 2.05) is 24.3 Å². The molecule has 1 aliphatic heterocycles. The lowest BCUT2D eigenvalue weighted by Crippen LogP contribution is -2.70. The Morgan fingerprint density at radius 2 is 2.00 bits per heavy atom. The summed E-state index contributed by atoms with van der Waals surface area (Å²) in [6.45, 7) is 12.4. The number of aliphatic hydroxyl groups is 1. The molecule has 2 fully saturated rings. The number of likely N-dealkylation sites (tertiary alicyclic amines) is 1. The third-order valence-corrected chi connectivity index (χ3v) is 6.39. The fourth-order valence-electron chi connectivity index (χ4n) is 4.70. The first-order valence-electron chi connectivity index (χ1n) is 9.66. The molecule has 0 unspecified atom stereocenters. The first-order valence-corrected chi connectivity index (χ1v) is 9.66. The summed E-state index contributed by atoms with van der Waals surface area (Å²) in [5.74, 6) is 0.955. The maximum Gasteiger partial charge on any atom is 0.0897 e. The van der Waals surface area contributed by atoms with Gasteiger partial charge in [-0.2, -0.15) is 0 Å². The van der Waals surface area contributed by atoms with E-state index in [4.69, 9.17) is 4.74 Å². The number of nitrogens with zero attached hydrogens (tertiary/aromatic N) is 1. The van der Waals surface area contributed by atoms with Gasteiger partial charge in [0.25, 0.3) is 0 Å². The normalized spacial score (nSPS) is 33.7. The van der Waals surface area contributed by atoms with E-state index in [0.717, 1.165) is 19.4 Å². The summed E-state index contributed by atoms with van der Waals surface area (Å²) in [5, 5.41) is 10.6. The van der Waals surface area contributed by atoms with Gasteiger partial charge >= 0.3 is 0 Å². The molecule has 25 heavy (non-hydrogen) atoms.